The van der Waals surface area contributed by atoms with Crippen molar-refractivity contribution in [1.29, 1.82) is 0 Å². The van der Waals surface area contributed by atoms with Gasteiger partial charge < -0.3 is 10.2 Å². The van der Waals surface area contributed by atoms with Crippen molar-refractivity contribution >= 4 is 5.91 Å². The lowest BCUT2D eigenvalue weighted by molar-refractivity contribution is -0.130. The van der Waals surface area contributed by atoms with Crippen LogP contribution >= 0.6 is 0 Å². The van der Waals surface area contributed by atoms with E-state index in [2.05, 4.69) is 17.1 Å². The van der Waals surface area contributed by atoms with Crippen molar-refractivity contribution in [3.8, 4) is 0 Å². The monoisotopic (exact) mass is 196 g/mol. The van der Waals surface area contributed by atoms with Gasteiger partial charge in [0.2, 0.25) is 5.91 Å². The molecule has 1 N–H and O–H groups in total. The van der Waals surface area contributed by atoms with E-state index >= 15 is 0 Å². The third-order valence-corrected chi connectivity index (χ3v) is 3.72. The van der Waals surface area contributed by atoms with E-state index in [-0.39, 0.29) is 5.41 Å². The lowest BCUT2D eigenvalue weighted by Crippen LogP contribution is -2.44. The maximum atomic E-state index is 11.7. The quantitative estimate of drug-likeness (QED) is 0.714. The molecule has 1 spiro atoms. The van der Waals surface area contributed by atoms with E-state index in [0.717, 1.165) is 38.9 Å². The molecule has 2 saturated heterocycles. The molecule has 0 aromatic rings. The predicted molar refractivity (Wildman–Crippen MR) is 56.0 cm³/mol. The Kier molecular flexibility index (Phi) is 2.77. The number of carbonyl (C=O) groups excluding carboxylic acids is 1. The Morgan fingerprint density at radius 3 is 2.57 bits per heavy atom. The van der Waals surface area contributed by atoms with Crippen LogP contribution in [0.15, 0.2) is 0 Å². The van der Waals surface area contributed by atoms with Gasteiger partial charge in [-0.25, -0.2) is 0 Å². The molecule has 2 rings (SSSR count). The van der Waals surface area contributed by atoms with Crippen LogP contribution in [0.1, 0.15) is 32.6 Å². The molecule has 14 heavy (non-hydrogen) atoms. The molecule has 1 amide bonds. The van der Waals surface area contributed by atoms with E-state index in [4.69, 9.17) is 0 Å². The van der Waals surface area contributed by atoms with Crippen molar-refractivity contribution in [1.82, 2.24) is 10.2 Å². The molecule has 80 valence electrons. The average Bonchev–Trinajstić information content (AvgIpc) is 2.53. The molecule has 2 aliphatic rings. The number of carbonyl (C=O) groups is 1. The Labute approximate surface area is 85.8 Å². The van der Waals surface area contributed by atoms with Gasteiger partial charge in [-0.1, -0.05) is 6.92 Å². The summed E-state index contributed by atoms with van der Waals surface area (Å²) >= 11 is 0. The van der Waals surface area contributed by atoms with Crippen LogP contribution in [0.5, 0.6) is 0 Å². The van der Waals surface area contributed by atoms with E-state index in [1.807, 2.05) is 0 Å². The first-order valence-electron chi connectivity index (χ1n) is 5.77. The van der Waals surface area contributed by atoms with Crippen molar-refractivity contribution in [3.63, 3.8) is 0 Å². The summed E-state index contributed by atoms with van der Waals surface area (Å²) in [7, 11) is 0. The Hall–Kier alpha value is -0.570. The fourth-order valence-electron chi connectivity index (χ4n) is 2.71. The summed E-state index contributed by atoms with van der Waals surface area (Å²) in [6.45, 7) is 6.53. The molecule has 0 saturated carbocycles. The standard InChI is InChI=1S/C11H20N2O/c1-2-7-13-8-4-11(5-9-13)3-6-12-10(11)14/h2-9H2,1H3,(H,12,14). The smallest absolute Gasteiger partial charge is 0.226 e. The zero-order valence-corrected chi connectivity index (χ0v) is 9.01. The number of nitrogens with zero attached hydrogens (tertiary/aromatic N) is 1. The second kappa shape index (κ2) is 3.89. The highest BCUT2D eigenvalue weighted by atomic mass is 16.2. The molecule has 0 atom stereocenters. The minimum Gasteiger partial charge on any atom is -0.356 e. The van der Waals surface area contributed by atoms with Crippen LogP contribution in [0.4, 0.5) is 0 Å². The summed E-state index contributed by atoms with van der Waals surface area (Å²) in [6, 6.07) is 0. The third-order valence-electron chi connectivity index (χ3n) is 3.72. The van der Waals surface area contributed by atoms with E-state index in [0.29, 0.717) is 5.91 Å². The molecule has 2 heterocycles. The van der Waals surface area contributed by atoms with Gasteiger partial charge in [0.1, 0.15) is 0 Å². The lowest BCUT2D eigenvalue weighted by Gasteiger charge is -2.37. The summed E-state index contributed by atoms with van der Waals surface area (Å²) in [4.78, 5) is 14.2. The van der Waals surface area contributed by atoms with Gasteiger partial charge in [-0.3, -0.25) is 4.79 Å². The molecule has 0 aliphatic carbocycles. The number of likely N-dealkylation sites (tertiary alicyclic amines) is 1. The number of hydrogen-bond donors (Lipinski definition) is 1. The zero-order valence-electron chi connectivity index (χ0n) is 9.01. The summed E-state index contributed by atoms with van der Waals surface area (Å²) in [5.41, 5.74) is 0.0181. The van der Waals surface area contributed by atoms with Gasteiger partial charge in [0.05, 0.1) is 5.41 Å². The molecular formula is C11H20N2O. The first-order chi connectivity index (χ1) is 6.77. The third kappa shape index (κ3) is 1.65. The lowest BCUT2D eigenvalue weighted by atomic mass is 9.77. The average molecular weight is 196 g/mol. The van der Waals surface area contributed by atoms with Gasteiger partial charge in [-0.2, -0.15) is 0 Å². The van der Waals surface area contributed by atoms with Gasteiger partial charge in [0.25, 0.3) is 0 Å². The molecule has 3 heteroatoms. The molecule has 0 radical (unpaired) electrons. The molecule has 0 bridgehead atoms. The normalized spacial score (nSPS) is 26.8. The Morgan fingerprint density at radius 1 is 1.36 bits per heavy atom. The number of nitrogens with one attached hydrogen (secondary N) is 1. The molecule has 0 aromatic heterocycles. The molecule has 2 aliphatic heterocycles. The van der Waals surface area contributed by atoms with Crippen molar-refractivity contribution in [2.75, 3.05) is 26.2 Å². The van der Waals surface area contributed by atoms with Crippen LogP contribution in [-0.2, 0) is 4.79 Å². The summed E-state index contributed by atoms with van der Waals surface area (Å²) in [5.74, 6) is 0.314. The first-order valence-corrected chi connectivity index (χ1v) is 5.77. The number of amides is 1. The molecule has 0 unspecified atom stereocenters. The van der Waals surface area contributed by atoms with Crippen LogP contribution in [0, 0.1) is 5.41 Å². The van der Waals surface area contributed by atoms with Gasteiger partial charge >= 0.3 is 0 Å². The maximum Gasteiger partial charge on any atom is 0.226 e. The van der Waals surface area contributed by atoms with Gasteiger partial charge in [0, 0.05) is 6.54 Å². The SMILES string of the molecule is CCCN1CCC2(CCNC2=O)CC1. The molecule has 3 nitrogen and oxygen atoms in total. The Morgan fingerprint density at radius 2 is 2.07 bits per heavy atom. The van der Waals surface area contributed by atoms with Gasteiger partial charge in [0.15, 0.2) is 0 Å². The van der Waals surface area contributed by atoms with E-state index < -0.39 is 0 Å². The van der Waals surface area contributed by atoms with E-state index in [1.165, 1.54) is 13.0 Å². The minimum atomic E-state index is 0.0181. The molecular weight excluding hydrogens is 176 g/mol. The minimum absolute atomic E-state index is 0.0181. The fourth-order valence-corrected chi connectivity index (χ4v) is 2.71. The van der Waals surface area contributed by atoms with Gasteiger partial charge in [-0.15, -0.1) is 0 Å². The Balaban J connectivity index is 1.91. The van der Waals surface area contributed by atoms with Crippen molar-refractivity contribution in [2.45, 2.75) is 32.6 Å². The Bertz CT molecular complexity index is 219. The van der Waals surface area contributed by atoms with Crippen LogP contribution in [0.25, 0.3) is 0 Å². The highest BCUT2D eigenvalue weighted by Gasteiger charge is 2.43. The van der Waals surface area contributed by atoms with Crippen LogP contribution in [0.2, 0.25) is 0 Å². The topological polar surface area (TPSA) is 32.3 Å². The summed E-state index contributed by atoms with van der Waals surface area (Å²) < 4.78 is 0. The maximum absolute atomic E-state index is 11.7. The van der Waals surface area contributed by atoms with Crippen LogP contribution in [-0.4, -0.2) is 37.0 Å². The zero-order chi connectivity index (χ0) is 10.0. The van der Waals surface area contributed by atoms with Crippen LogP contribution < -0.4 is 5.32 Å². The summed E-state index contributed by atoms with van der Waals surface area (Å²) in [6.07, 6.45) is 4.42. The van der Waals surface area contributed by atoms with Gasteiger partial charge in [-0.05, 0) is 45.3 Å². The molecule has 2 fully saturated rings. The second-order valence-electron chi connectivity index (χ2n) is 4.63. The van der Waals surface area contributed by atoms with Crippen molar-refractivity contribution < 1.29 is 4.79 Å². The predicted octanol–water partition coefficient (Wildman–Crippen LogP) is 0.999. The first kappa shape index (κ1) is 9.97. The number of rotatable bonds is 2. The molecule has 0 aromatic carbocycles. The summed E-state index contributed by atoms with van der Waals surface area (Å²) in [5, 5.41) is 2.97. The fraction of sp³-hybridized carbons (Fsp3) is 0.909. The number of piperidine rings is 1. The van der Waals surface area contributed by atoms with E-state index in [1.54, 1.807) is 0 Å². The number of hydrogen-bond acceptors (Lipinski definition) is 2. The highest BCUT2D eigenvalue weighted by Crippen LogP contribution is 2.37. The van der Waals surface area contributed by atoms with E-state index in [9.17, 15) is 4.79 Å². The second-order valence-corrected chi connectivity index (χ2v) is 4.63. The largest absolute Gasteiger partial charge is 0.356 e. The van der Waals surface area contributed by atoms with Crippen LogP contribution in [0.3, 0.4) is 0 Å². The van der Waals surface area contributed by atoms with Crippen molar-refractivity contribution in [2.24, 2.45) is 5.41 Å². The highest BCUT2D eigenvalue weighted by molar-refractivity contribution is 5.84. The van der Waals surface area contributed by atoms with Crippen molar-refractivity contribution in [3.05, 3.63) is 0 Å².